The van der Waals surface area contributed by atoms with Gasteiger partial charge in [0.2, 0.25) is 0 Å². The van der Waals surface area contributed by atoms with Gasteiger partial charge < -0.3 is 5.73 Å². The van der Waals surface area contributed by atoms with Crippen LogP contribution in [0.15, 0.2) is 18.2 Å². The summed E-state index contributed by atoms with van der Waals surface area (Å²) < 4.78 is 1.82. The number of anilines is 1. The van der Waals surface area contributed by atoms with Crippen LogP contribution in [0.1, 0.15) is 33.1 Å². The maximum atomic E-state index is 6.04. The molecule has 0 radical (unpaired) electrons. The Morgan fingerprint density at radius 2 is 2.10 bits per heavy atom. The highest BCUT2D eigenvalue weighted by Gasteiger charge is 2.10. The number of benzene rings is 1. The molecule has 2 rings (SSSR count). The van der Waals surface area contributed by atoms with E-state index in [1.165, 1.54) is 12.8 Å². The molecule has 0 saturated heterocycles. The SMILES string of the molecule is CC(C)CCCCn1nnnc1-c1ccc(N)c(Cl)c1. The topological polar surface area (TPSA) is 69.6 Å². The van der Waals surface area contributed by atoms with Crippen LogP contribution in [0.3, 0.4) is 0 Å². The first-order chi connectivity index (χ1) is 9.58. The van der Waals surface area contributed by atoms with Crippen LogP contribution in [0.25, 0.3) is 11.4 Å². The molecular weight excluding hydrogens is 274 g/mol. The lowest BCUT2D eigenvalue weighted by molar-refractivity contribution is 0.487. The second-order valence-electron chi connectivity index (χ2n) is 5.35. The summed E-state index contributed by atoms with van der Waals surface area (Å²) in [6.45, 7) is 5.29. The monoisotopic (exact) mass is 293 g/mol. The van der Waals surface area contributed by atoms with Crippen molar-refractivity contribution in [2.24, 2.45) is 5.92 Å². The molecule has 5 nitrogen and oxygen atoms in total. The Labute approximate surface area is 124 Å². The van der Waals surface area contributed by atoms with Gasteiger partial charge in [0.05, 0.1) is 10.7 Å². The molecule has 0 unspecified atom stereocenters. The highest BCUT2D eigenvalue weighted by molar-refractivity contribution is 6.33. The predicted octanol–water partition coefficient (Wildman–Crippen LogP) is 3.40. The largest absolute Gasteiger partial charge is 0.398 e. The fraction of sp³-hybridized carbons (Fsp3) is 0.500. The zero-order valence-corrected chi connectivity index (χ0v) is 12.6. The van der Waals surface area contributed by atoms with Crippen molar-refractivity contribution in [3.63, 3.8) is 0 Å². The third-order valence-corrected chi connectivity index (χ3v) is 3.52. The van der Waals surface area contributed by atoms with Crippen molar-refractivity contribution in [3.05, 3.63) is 23.2 Å². The summed E-state index contributed by atoms with van der Waals surface area (Å²) in [5, 5.41) is 12.4. The highest BCUT2D eigenvalue weighted by Crippen LogP contribution is 2.25. The number of nitrogens with zero attached hydrogens (tertiary/aromatic N) is 4. The fourth-order valence-corrected chi connectivity index (χ4v) is 2.22. The van der Waals surface area contributed by atoms with Crippen LogP contribution in [0.2, 0.25) is 5.02 Å². The molecule has 2 aromatic rings. The molecule has 0 saturated carbocycles. The fourth-order valence-electron chi connectivity index (χ4n) is 2.04. The van der Waals surface area contributed by atoms with Crippen molar-refractivity contribution in [2.75, 3.05) is 5.73 Å². The van der Waals surface area contributed by atoms with Gasteiger partial charge in [-0.1, -0.05) is 38.3 Å². The van der Waals surface area contributed by atoms with Crippen molar-refractivity contribution in [2.45, 2.75) is 39.7 Å². The second-order valence-corrected chi connectivity index (χ2v) is 5.76. The number of aromatic nitrogens is 4. The first-order valence-electron chi connectivity index (χ1n) is 6.89. The standard InChI is InChI=1S/C14H20ClN5/c1-10(2)5-3-4-8-20-14(17-18-19-20)11-6-7-13(16)12(15)9-11/h6-7,9-10H,3-5,8,16H2,1-2H3. The van der Waals surface area contributed by atoms with Crippen LogP contribution in [-0.4, -0.2) is 20.2 Å². The number of unbranched alkanes of at least 4 members (excludes halogenated alkanes) is 1. The number of nitrogen functional groups attached to an aromatic ring is 1. The van der Waals surface area contributed by atoms with Gasteiger partial charge in [0.15, 0.2) is 5.82 Å². The third-order valence-electron chi connectivity index (χ3n) is 3.19. The average Bonchev–Trinajstić information content (AvgIpc) is 2.86. The molecule has 6 heteroatoms. The summed E-state index contributed by atoms with van der Waals surface area (Å²) in [6.07, 6.45) is 3.48. The lowest BCUT2D eigenvalue weighted by Gasteiger charge is -2.07. The van der Waals surface area contributed by atoms with Crippen molar-refractivity contribution < 1.29 is 0 Å². The van der Waals surface area contributed by atoms with E-state index in [1.54, 1.807) is 12.1 Å². The van der Waals surface area contributed by atoms with Crippen molar-refractivity contribution in [1.82, 2.24) is 20.2 Å². The van der Waals surface area contributed by atoms with E-state index < -0.39 is 0 Å². The minimum absolute atomic E-state index is 0.525. The molecule has 0 aliphatic carbocycles. The second kappa shape index (κ2) is 6.70. The van der Waals surface area contributed by atoms with Gasteiger partial charge in [-0.25, -0.2) is 4.68 Å². The van der Waals surface area contributed by atoms with E-state index in [2.05, 4.69) is 29.4 Å². The van der Waals surface area contributed by atoms with Crippen molar-refractivity contribution in [1.29, 1.82) is 0 Å². The minimum atomic E-state index is 0.525. The quantitative estimate of drug-likeness (QED) is 0.654. The maximum Gasteiger partial charge on any atom is 0.182 e. The molecule has 20 heavy (non-hydrogen) atoms. The molecule has 0 amide bonds. The summed E-state index contributed by atoms with van der Waals surface area (Å²) in [6, 6.07) is 5.46. The van der Waals surface area contributed by atoms with E-state index in [-0.39, 0.29) is 0 Å². The molecular formula is C14H20ClN5. The number of aryl methyl sites for hydroxylation is 1. The van der Waals surface area contributed by atoms with E-state index in [4.69, 9.17) is 17.3 Å². The predicted molar refractivity (Wildman–Crippen MR) is 81.4 cm³/mol. The molecule has 0 atom stereocenters. The zero-order valence-electron chi connectivity index (χ0n) is 11.9. The lowest BCUT2D eigenvalue weighted by Crippen LogP contribution is -2.04. The summed E-state index contributed by atoms with van der Waals surface area (Å²) in [7, 11) is 0. The van der Waals surface area contributed by atoms with Gasteiger partial charge in [-0.15, -0.1) is 5.10 Å². The van der Waals surface area contributed by atoms with Crippen molar-refractivity contribution in [3.8, 4) is 11.4 Å². The van der Waals surface area contributed by atoms with Gasteiger partial charge in [0.25, 0.3) is 0 Å². The Kier molecular flexibility index (Phi) is 4.95. The summed E-state index contributed by atoms with van der Waals surface area (Å²) >= 11 is 6.04. The van der Waals surface area contributed by atoms with Crippen LogP contribution < -0.4 is 5.73 Å². The van der Waals surface area contributed by atoms with Gasteiger partial charge in [-0.05, 0) is 41.0 Å². The highest BCUT2D eigenvalue weighted by atomic mass is 35.5. The van der Waals surface area contributed by atoms with Gasteiger partial charge in [0, 0.05) is 12.1 Å². The number of hydrogen-bond donors (Lipinski definition) is 1. The molecule has 108 valence electrons. The molecule has 0 aliphatic heterocycles. The van der Waals surface area contributed by atoms with Crippen LogP contribution >= 0.6 is 11.6 Å². The smallest absolute Gasteiger partial charge is 0.182 e. The molecule has 0 fully saturated rings. The third kappa shape index (κ3) is 3.70. The Hall–Kier alpha value is -1.62. The molecule has 0 aliphatic rings. The minimum Gasteiger partial charge on any atom is -0.398 e. The number of hydrogen-bond acceptors (Lipinski definition) is 4. The summed E-state index contributed by atoms with van der Waals surface area (Å²) in [5.41, 5.74) is 7.16. The molecule has 0 bridgehead atoms. The van der Waals surface area contributed by atoms with Crippen molar-refractivity contribution >= 4 is 17.3 Å². The van der Waals surface area contributed by atoms with Gasteiger partial charge in [0.1, 0.15) is 0 Å². The summed E-state index contributed by atoms with van der Waals surface area (Å²) in [5.74, 6) is 1.47. The Balaban J connectivity index is 2.06. The maximum absolute atomic E-state index is 6.04. The van der Waals surface area contributed by atoms with E-state index in [9.17, 15) is 0 Å². The Morgan fingerprint density at radius 1 is 1.30 bits per heavy atom. The van der Waals surface area contributed by atoms with E-state index in [1.807, 2.05) is 10.7 Å². The Bertz CT molecular complexity index is 564. The Morgan fingerprint density at radius 3 is 2.80 bits per heavy atom. The summed E-state index contributed by atoms with van der Waals surface area (Å²) in [4.78, 5) is 0. The molecule has 1 aromatic carbocycles. The molecule has 1 aromatic heterocycles. The first-order valence-corrected chi connectivity index (χ1v) is 7.27. The van der Waals surface area contributed by atoms with E-state index in [0.29, 0.717) is 10.7 Å². The lowest BCUT2D eigenvalue weighted by atomic mass is 10.1. The van der Waals surface area contributed by atoms with Gasteiger partial charge >= 0.3 is 0 Å². The first kappa shape index (κ1) is 14.8. The molecule has 0 spiro atoms. The number of halogens is 1. The van der Waals surface area contributed by atoms with E-state index in [0.717, 1.165) is 30.3 Å². The van der Waals surface area contributed by atoms with Gasteiger partial charge in [-0.3, -0.25) is 0 Å². The van der Waals surface area contributed by atoms with Crippen LogP contribution in [0.5, 0.6) is 0 Å². The van der Waals surface area contributed by atoms with Crippen LogP contribution in [-0.2, 0) is 6.54 Å². The molecule has 1 heterocycles. The normalized spacial score (nSPS) is 11.2. The molecule has 2 N–H and O–H groups in total. The van der Waals surface area contributed by atoms with Crippen LogP contribution in [0.4, 0.5) is 5.69 Å². The number of rotatable bonds is 6. The van der Waals surface area contributed by atoms with Gasteiger partial charge in [-0.2, -0.15) is 0 Å². The van der Waals surface area contributed by atoms with Crippen LogP contribution in [0, 0.1) is 5.92 Å². The van der Waals surface area contributed by atoms with E-state index >= 15 is 0 Å². The zero-order chi connectivity index (χ0) is 14.5. The average molecular weight is 294 g/mol. The number of nitrogens with two attached hydrogens (primary N) is 1. The number of tetrazole rings is 1.